The van der Waals surface area contributed by atoms with E-state index in [1.165, 1.54) is 7.05 Å². The fourth-order valence-corrected chi connectivity index (χ4v) is 5.11. The molecule has 38 heavy (non-hydrogen) atoms. The number of anilines is 3. The van der Waals surface area contributed by atoms with E-state index < -0.39 is 11.5 Å². The van der Waals surface area contributed by atoms with Crippen LogP contribution in [0.15, 0.2) is 29.2 Å². The van der Waals surface area contributed by atoms with E-state index in [1.807, 2.05) is 0 Å². The molecular formula is C25H34FN9O3. The molecular weight excluding hydrogens is 493 g/mol. The molecule has 2 aliphatic rings. The number of hydrogen-bond donors (Lipinski definition) is 2. The summed E-state index contributed by atoms with van der Waals surface area (Å²) < 4.78 is 28.2. The third kappa shape index (κ3) is 5.07. The summed E-state index contributed by atoms with van der Waals surface area (Å²) in [7, 11) is 3.64. The molecule has 0 bridgehead atoms. The highest BCUT2D eigenvalue weighted by molar-refractivity contribution is 5.62. The van der Waals surface area contributed by atoms with Gasteiger partial charge in [0.25, 0.3) is 0 Å². The van der Waals surface area contributed by atoms with Crippen molar-refractivity contribution in [3.8, 4) is 11.4 Å². The van der Waals surface area contributed by atoms with Crippen molar-refractivity contribution < 1.29 is 13.9 Å². The van der Waals surface area contributed by atoms with Gasteiger partial charge in [0.05, 0.1) is 19.4 Å². The van der Waals surface area contributed by atoms with E-state index in [0.29, 0.717) is 30.3 Å². The van der Waals surface area contributed by atoms with Crippen molar-refractivity contribution in [3.05, 3.63) is 40.7 Å². The standard InChI is InChI=1S/C25H34FN9O3/c1-24(2)10-16(11-25(3,4)34(24)6)28-21-18(26)12-27-22(30-21)29-15-7-8-20(38-17-13-37-14-17)19(9-15)35-23(36)33(5)31-32-35/h7-9,12,16-17H,10-11,13-14H2,1-6H3,(H2,27,28,29,30). The Hall–Kier alpha value is -3.58. The topological polar surface area (TPSA) is 124 Å². The Morgan fingerprint density at radius 1 is 1.11 bits per heavy atom. The minimum Gasteiger partial charge on any atom is -0.483 e. The highest BCUT2D eigenvalue weighted by Crippen LogP contribution is 2.38. The van der Waals surface area contributed by atoms with Crippen LogP contribution in [-0.2, 0) is 11.8 Å². The number of halogens is 1. The number of aromatic nitrogens is 6. The van der Waals surface area contributed by atoms with E-state index in [4.69, 9.17) is 9.47 Å². The normalized spacial score (nSPS) is 19.7. The minimum atomic E-state index is -0.525. The summed E-state index contributed by atoms with van der Waals surface area (Å²) >= 11 is 0. The smallest absolute Gasteiger partial charge is 0.368 e. The first-order valence-electron chi connectivity index (χ1n) is 12.6. The van der Waals surface area contributed by atoms with Gasteiger partial charge in [0.1, 0.15) is 17.5 Å². The van der Waals surface area contributed by atoms with Crippen LogP contribution in [0.3, 0.4) is 0 Å². The summed E-state index contributed by atoms with van der Waals surface area (Å²) in [5, 5.41) is 14.2. The Morgan fingerprint density at radius 3 is 2.42 bits per heavy atom. The number of ether oxygens (including phenoxy) is 2. The van der Waals surface area contributed by atoms with E-state index in [1.54, 1.807) is 18.2 Å². The van der Waals surface area contributed by atoms with Crippen molar-refractivity contribution in [1.29, 1.82) is 0 Å². The molecule has 13 heteroatoms. The van der Waals surface area contributed by atoms with Gasteiger partial charge < -0.3 is 20.1 Å². The maximum Gasteiger partial charge on any atom is 0.368 e. The van der Waals surface area contributed by atoms with E-state index in [-0.39, 0.29) is 35.0 Å². The number of rotatable bonds is 7. The molecule has 0 saturated carbocycles. The van der Waals surface area contributed by atoms with Crippen LogP contribution < -0.4 is 21.1 Å². The van der Waals surface area contributed by atoms with Crippen molar-refractivity contribution in [1.82, 2.24) is 34.7 Å². The summed E-state index contributed by atoms with van der Waals surface area (Å²) in [5.41, 5.74) is 0.415. The van der Waals surface area contributed by atoms with Crippen molar-refractivity contribution in [2.45, 2.75) is 63.8 Å². The quantitative estimate of drug-likeness (QED) is 0.474. The van der Waals surface area contributed by atoms with Crippen molar-refractivity contribution in [2.24, 2.45) is 7.05 Å². The largest absolute Gasteiger partial charge is 0.483 e. The van der Waals surface area contributed by atoms with Crippen LogP contribution in [-0.4, -0.2) is 78.1 Å². The van der Waals surface area contributed by atoms with Gasteiger partial charge in [-0.3, -0.25) is 4.90 Å². The molecule has 4 heterocycles. The third-order valence-corrected chi connectivity index (χ3v) is 7.46. The Labute approximate surface area is 220 Å². The van der Waals surface area contributed by atoms with Gasteiger partial charge in [-0.1, -0.05) is 0 Å². The number of likely N-dealkylation sites (tertiary alicyclic amines) is 1. The lowest BCUT2D eigenvalue weighted by atomic mass is 9.77. The molecule has 2 fully saturated rings. The summed E-state index contributed by atoms with van der Waals surface area (Å²) in [6.45, 7) is 9.71. The Morgan fingerprint density at radius 2 is 1.82 bits per heavy atom. The Bertz CT molecular complexity index is 1360. The molecule has 5 rings (SSSR count). The van der Waals surface area contributed by atoms with Crippen molar-refractivity contribution in [3.63, 3.8) is 0 Å². The molecule has 12 nitrogen and oxygen atoms in total. The molecule has 2 N–H and O–H groups in total. The van der Waals surface area contributed by atoms with Gasteiger partial charge in [0.15, 0.2) is 11.6 Å². The second-order valence-corrected chi connectivity index (χ2v) is 11.2. The van der Waals surface area contributed by atoms with E-state index >= 15 is 0 Å². The zero-order valence-electron chi connectivity index (χ0n) is 22.5. The SMILES string of the molecule is CN1C(C)(C)CC(Nc2nc(Nc3ccc(OC4COC4)c(-n4nnn(C)c4=O)c3)ncc2F)CC1(C)C. The molecule has 1 aromatic carbocycles. The monoisotopic (exact) mass is 527 g/mol. The first kappa shape index (κ1) is 26.0. The maximum absolute atomic E-state index is 14.8. The third-order valence-electron chi connectivity index (χ3n) is 7.46. The molecule has 0 aliphatic carbocycles. The van der Waals surface area contributed by atoms with Crippen LogP contribution in [0.5, 0.6) is 5.75 Å². The summed E-state index contributed by atoms with van der Waals surface area (Å²) in [4.78, 5) is 23.5. The van der Waals surface area contributed by atoms with E-state index in [0.717, 1.165) is 28.4 Å². The maximum atomic E-state index is 14.8. The number of aryl methyl sites for hydroxylation is 1. The van der Waals surface area contributed by atoms with Gasteiger partial charge >= 0.3 is 5.69 Å². The predicted molar refractivity (Wildman–Crippen MR) is 140 cm³/mol. The van der Waals surface area contributed by atoms with Crippen molar-refractivity contribution in [2.75, 3.05) is 30.9 Å². The molecule has 0 radical (unpaired) electrons. The molecule has 2 saturated heterocycles. The Kier molecular flexibility index (Phi) is 6.59. The second kappa shape index (κ2) is 9.62. The van der Waals surface area contributed by atoms with Crippen LogP contribution in [0, 0.1) is 5.82 Å². The van der Waals surface area contributed by atoms with Gasteiger partial charge in [0.2, 0.25) is 5.95 Å². The average Bonchev–Trinajstić information content (AvgIpc) is 3.15. The second-order valence-electron chi connectivity index (χ2n) is 11.2. The minimum absolute atomic E-state index is 0.0375. The van der Waals surface area contributed by atoms with Crippen LogP contribution in [0.4, 0.5) is 21.8 Å². The highest BCUT2D eigenvalue weighted by Gasteiger charge is 2.43. The molecule has 2 aliphatic heterocycles. The fourth-order valence-electron chi connectivity index (χ4n) is 5.11. The number of piperidine rings is 1. The summed E-state index contributed by atoms with van der Waals surface area (Å²) in [6.07, 6.45) is 2.71. The molecule has 0 unspecified atom stereocenters. The molecule has 2 aromatic heterocycles. The number of hydrogen-bond acceptors (Lipinski definition) is 10. The first-order chi connectivity index (χ1) is 17.9. The molecule has 204 valence electrons. The predicted octanol–water partition coefficient (Wildman–Crippen LogP) is 2.48. The van der Waals surface area contributed by atoms with E-state index in [9.17, 15) is 9.18 Å². The highest BCUT2D eigenvalue weighted by atomic mass is 19.1. The Balaban J connectivity index is 1.39. The molecule has 3 aromatic rings. The van der Waals surface area contributed by atoms with Gasteiger partial charge in [-0.15, -0.1) is 0 Å². The lowest BCUT2D eigenvalue weighted by Crippen LogP contribution is -2.61. The van der Waals surface area contributed by atoms with Crippen LogP contribution in [0.1, 0.15) is 40.5 Å². The van der Waals surface area contributed by atoms with Crippen LogP contribution >= 0.6 is 0 Å². The lowest BCUT2D eigenvalue weighted by Gasteiger charge is -2.53. The van der Waals surface area contributed by atoms with Crippen molar-refractivity contribution >= 4 is 17.5 Å². The van der Waals surface area contributed by atoms with Crippen LogP contribution in [0.25, 0.3) is 5.69 Å². The number of tetrazole rings is 1. The molecule has 0 atom stereocenters. The van der Waals surface area contributed by atoms with Gasteiger partial charge in [-0.2, -0.15) is 14.3 Å². The van der Waals surface area contributed by atoms with Gasteiger partial charge in [0, 0.05) is 29.9 Å². The number of nitrogens with one attached hydrogen (secondary N) is 2. The summed E-state index contributed by atoms with van der Waals surface area (Å²) in [5.74, 6) is 0.280. The van der Waals surface area contributed by atoms with E-state index in [2.05, 4.69) is 70.7 Å². The van der Waals surface area contributed by atoms with Crippen LogP contribution in [0.2, 0.25) is 0 Å². The molecule has 0 amide bonds. The lowest BCUT2D eigenvalue weighted by molar-refractivity contribution is -0.0797. The zero-order valence-corrected chi connectivity index (χ0v) is 22.5. The van der Waals surface area contributed by atoms with Gasteiger partial charge in [-0.05, 0) is 76.2 Å². The average molecular weight is 528 g/mol. The summed E-state index contributed by atoms with van der Waals surface area (Å²) in [6, 6.07) is 5.21. The first-order valence-corrected chi connectivity index (χ1v) is 12.6. The number of nitrogens with zero attached hydrogens (tertiary/aromatic N) is 7. The molecule has 0 spiro atoms. The zero-order chi connectivity index (χ0) is 27.2. The van der Waals surface area contributed by atoms with Gasteiger partial charge in [-0.25, -0.2) is 14.2 Å². The number of benzene rings is 1. The fraction of sp³-hybridized carbons (Fsp3) is 0.560.